The summed E-state index contributed by atoms with van der Waals surface area (Å²) in [5.41, 5.74) is -1.80. The number of ether oxygens (including phenoxy) is 2. The molecule has 2 fully saturated rings. The zero-order valence-corrected chi connectivity index (χ0v) is 32.9. The molecule has 6 rings (SSSR count). The van der Waals surface area contributed by atoms with Crippen molar-refractivity contribution in [1.29, 1.82) is 5.26 Å². The number of anilines is 2. The number of thiophene rings is 1. The first-order chi connectivity index (χ1) is 25.9. The number of imide groups is 1. The largest absolute Gasteiger partial charge is 0.461 e. The summed E-state index contributed by atoms with van der Waals surface area (Å²) in [6.07, 6.45) is 0.407. The minimum absolute atomic E-state index is 0.00748. The SMILES string of the molecule is CC(=O)N(C)C(=O)CCCN(C)c1nc(OC[C@@]23CCCN2C[C@H](F)C3)nc2c(F)c(-c3ccc(F)c4sc(NC(=O)OC(C)(C)C)c(C#N)c34)c(Cl)cc12. The van der Waals surface area contributed by atoms with Gasteiger partial charge in [-0.15, -0.1) is 11.3 Å². The van der Waals surface area contributed by atoms with Crippen molar-refractivity contribution in [3.63, 3.8) is 0 Å². The number of aromatic nitrogens is 2. The van der Waals surface area contributed by atoms with Gasteiger partial charge in [0.2, 0.25) is 11.8 Å². The van der Waals surface area contributed by atoms with Gasteiger partial charge in [-0.1, -0.05) is 17.7 Å². The molecule has 4 heterocycles. The molecule has 0 radical (unpaired) electrons. The van der Waals surface area contributed by atoms with Crippen LogP contribution in [0.4, 0.5) is 28.8 Å². The molecule has 0 aliphatic carbocycles. The van der Waals surface area contributed by atoms with Crippen LogP contribution >= 0.6 is 22.9 Å². The van der Waals surface area contributed by atoms with Crippen LogP contribution in [0.3, 0.4) is 0 Å². The number of hydrogen-bond acceptors (Lipinski definition) is 11. The van der Waals surface area contributed by atoms with E-state index >= 15 is 8.78 Å². The van der Waals surface area contributed by atoms with Crippen molar-refractivity contribution < 1.29 is 37.0 Å². The van der Waals surface area contributed by atoms with Crippen LogP contribution in [0.15, 0.2) is 18.2 Å². The highest BCUT2D eigenvalue weighted by molar-refractivity contribution is 7.23. The zero-order valence-electron chi connectivity index (χ0n) is 31.3. The third-order valence-electron chi connectivity index (χ3n) is 9.95. The van der Waals surface area contributed by atoms with Crippen molar-refractivity contribution in [2.45, 2.75) is 77.1 Å². The van der Waals surface area contributed by atoms with Gasteiger partial charge < -0.3 is 14.4 Å². The second-order valence-electron chi connectivity index (χ2n) is 15.0. The second kappa shape index (κ2) is 15.4. The molecular formula is C38H41ClF3N7O5S. The van der Waals surface area contributed by atoms with Crippen molar-refractivity contribution in [3.05, 3.63) is 40.4 Å². The van der Waals surface area contributed by atoms with Gasteiger partial charge in [-0.2, -0.15) is 15.2 Å². The molecule has 2 atom stereocenters. The third-order valence-corrected chi connectivity index (χ3v) is 11.4. The van der Waals surface area contributed by atoms with Gasteiger partial charge in [0.25, 0.3) is 0 Å². The number of fused-ring (bicyclic) bond motifs is 3. The maximum atomic E-state index is 17.2. The Kier molecular flexibility index (Phi) is 11.2. The minimum atomic E-state index is -1.00. The Morgan fingerprint density at radius 1 is 1.22 bits per heavy atom. The van der Waals surface area contributed by atoms with E-state index in [0.29, 0.717) is 13.0 Å². The van der Waals surface area contributed by atoms with E-state index in [9.17, 15) is 24.0 Å². The van der Waals surface area contributed by atoms with Gasteiger partial charge in [-0.3, -0.25) is 24.7 Å². The van der Waals surface area contributed by atoms with Gasteiger partial charge in [0.1, 0.15) is 46.6 Å². The van der Waals surface area contributed by atoms with E-state index in [2.05, 4.69) is 20.2 Å². The predicted molar refractivity (Wildman–Crippen MR) is 204 cm³/mol. The molecule has 0 spiro atoms. The molecule has 2 aliphatic rings. The van der Waals surface area contributed by atoms with Crippen molar-refractivity contribution in [1.82, 2.24) is 19.8 Å². The first-order valence-corrected chi connectivity index (χ1v) is 19.0. The number of nitrogens with one attached hydrogen (secondary N) is 1. The quantitative estimate of drug-likeness (QED) is 0.169. The fourth-order valence-corrected chi connectivity index (χ4v) is 8.66. The summed E-state index contributed by atoms with van der Waals surface area (Å²) < 4.78 is 58.6. The fraction of sp³-hybridized carbons (Fsp3) is 0.474. The normalized spacial score (nSPS) is 18.3. The van der Waals surface area contributed by atoms with E-state index in [1.807, 2.05) is 6.07 Å². The summed E-state index contributed by atoms with van der Waals surface area (Å²) in [5.74, 6) is -2.12. The van der Waals surface area contributed by atoms with Crippen LogP contribution in [0, 0.1) is 23.0 Å². The van der Waals surface area contributed by atoms with Crippen molar-refractivity contribution >= 4 is 72.7 Å². The molecule has 4 aromatic rings. The maximum Gasteiger partial charge on any atom is 0.412 e. The average molecular weight is 800 g/mol. The molecule has 0 unspecified atom stereocenters. The maximum absolute atomic E-state index is 17.2. The smallest absolute Gasteiger partial charge is 0.412 e. The molecule has 0 saturated carbocycles. The molecule has 1 N–H and O–H groups in total. The lowest BCUT2D eigenvalue weighted by molar-refractivity contribution is -0.141. The highest BCUT2D eigenvalue weighted by atomic mass is 35.5. The van der Waals surface area contributed by atoms with Crippen LogP contribution in [0.2, 0.25) is 5.02 Å². The highest BCUT2D eigenvalue weighted by Gasteiger charge is 2.49. The summed E-state index contributed by atoms with van der Waals surface area (Å²) in [5, 5.41) is 12.9. The Morgan fingerprint density at radius 2 is 1.96 bits per heavy atom. The van der Waals surface area contributed by atoms with E-state index in [1.54, 1.807) is 32.7 Å². The molecule has 2 aromatic carbocycles. The molecular weight excluding hydrogens is 759 g/mol. The number of amides is 3. The van der Waals surface area contributed by atoms with E-state index < -0.39 is 35.0 Å². The number of hydrogen-bond donors (Lipinski definition) is 1. The van der Waals surface area contributed by atoms with Crippen LogP contribution < -0.4 is 15.0 Å². The van der Waals surface area contributed by atoms with E-state index in [0.717, 1.165) is 41.7 Å². The summed E-state index contributed by atoms with van der Waals surface area (Å²) >= 11 is 7.66. The molecule has 55 heavy (non-hydrogen) atoms. The van der Waals surface area contributed by atoms with Crippen LogP contribution in [0.1, 0.15) is 65.4 Å². The fourth-order valence-electron chi connectivity index (χ4n) is 7.30. The summed E-state index contributed by atoms with van der Waals surface area (Å²) in [6, 6.07) is 5.75. The van der Waals surface area contributed by atoms with Gasteiger partial charge in [0, 0.05) is 63.3 Å². The molecule has 0 bridgehead atoms. The van der Waals surface area contributed by atoms with Crippen LogP contribution in [0.5, 0.6) is 6.01 Å². The number of halogens is 4. The zero-order chi connectivity index (χ0) is 40.0. The topological polar surface area (TPSA) is 141 Å². The molecule has 17 heteroatoms. The Bertz CT molecular complexity index is 2240. The predicted octanol–water partition coefficient (Wildman–Crippen LogP) is 7.84. The number of nitrogens with zero attached hydrogens (tertiary/aromatic N) is 6. The lowest BCUT2D eigenvalue weighted by Crippen LogP contribution is -2.43. The molecule has 292 valence electrons. The van der Waals surface area contributed by atoms with E-state index in [-0.39, 0.29) is 97.3 Å². The molecule has 2 aliphatic heterocycles. The van der Waals surface area contributed by atoms with Gasteiger partial charge in [0.15, 0.2) is 5.82 Å². The lowest BCUT2D eigenvalue weighted by Gasteiger charge is -2.31. The van der Waals surface area contributed by atoms with E-state index in [4.69, 9.17) is 21.1 Å². The summed E-state index contributed by atoms with van der Waals surface area (Å²) in [4.78, 5) is 50.8. The minimum Gasteiger partial charge on any atom is -0.461 e. The molecule has 3 amide bonds. The number of rotatable bonds is 10. The number of alkyl halides is 1. The second-order valence-corrected chi connectivity index (χ2v) is 16.4. The van der Waals surface area contributed by atoms with Gasteiger partial charge >= 0.3 is 12.1 Å². The summed E-state index contributed by atoms with van der Waals surface area (Å²) in [6.45, 7) is 7.67. The monoisotopic (exact) mass is 799 g/mol. The first-order valence-electron chi connectivity index (χ1n) is 17.8. The van der Waals surface area contributed by atoms with Crippen LogP contribution in [0.25, 0.3) is 32.1 Å². The standard InChI is InChI=1S/C38H41ClF3N7O5S/c1-20(50)48(6)27(51)9-7-13-47(5)33-23-15-25(39)29(30(42)31(23)44-35(45-33)53-19-38-12-8-14-49(38)18-21(40)16-38)22-10-11-26(41)32-28(22)24(17-43)34(55-32)46-36(52)54-37(2,3)4/h10-11,15,21H,7-9,12-14,16,18-19H2,1-6H3,(H,46,52)/t21-,38+/m1/s1. The van der Waals surface area contributed by atoms with Crippen LogP contribution in [-0.2, 0) is 14.3 Å². The average Bonchev–Trinajstić information content (AvgIpc) is 3.76. The Morgan fingerprint density at radius 3 is 2.65 bits per heavy atom. The van der Waals surface area contributed by atoms with Gasteiger partial charge in [0.05, 0.1) is 20.8 Å². The van der Waals surface area contributed by atoms with E-state index in [1.165, 1.54) is 26.1 Å². The van der Waals surface area contributed by atoms with Crippen LogP contribution in [-0.4, -0.2) is 95.3 Å². The van der Waals surface area contributed by atoms with Crippen molar-refractivity contribution in [3.8, 4) is 23.2 Å². The number of carbonyl (C=O) groups excluding carboxylic acids is 3. The lowest BCUT2D eigenvalue weighted by atomic mass is 9.95. The van der Waals surface area contributed by atoms with Gasteiger partial charge in [-0.05, 0) is 64.3 Å². The molecule has 12 nitrogen and oxygen atoms in total. The first kappa shape index (κ1) is 40.0. The third kappa shape index (κ3) is 8.01. The Labute approximate surface area is 325 Å². The highest BCUT2D eigenvalue weighted by Crippen LogP contribution is 2.47. The summed E-state index contributed by atoms with van der Waals surface area (Å²) in [7, 11) is 3.10. The van der Waals surface area contributed by atoms with Crippen molar-refractivity contribution in [2.24, 2.45) is 0 Å². The number of carbonyl (C=O) groups is 3. The Balaban J connectivity index is 1.45. The molecule has 2 saturated heterocycles. The number of benzene rings is 2. The Hall–Kier alpha value is -4.72. The molecule has 2 aromatic heterocycles. The van der Waals surface area contributed by atoms with Crippen molar-refractivity contribution in [2.75, 3.05) is 50.6 Å². The number of nitriles is 1. The van der Waals surface area contributed by atoms with Gasteiger partial charge in [-0.25, -0.2) is 18.0 Å².